The van der Waals surface area contributed by atoms with E-state index >= 15 is 0 Å². The summed E-state index contributed by atoms with van der Waals surface area (Å²) in [4.78, 5) is 21.0. The Morgan fingerprint density at radius 1 is 1.33 bits per heavy atom. The predicted octanol–water partition coefficient (Wildman–Crippen LogP) is 0.520. The standard InChI is InChI=1S/C8H13NO3/c10-7(5-8(11)12)9-6-3-1-2-4-6/h6H,1-5H2,(H,9,10)(H,11,12). The van der Waals surface area contributed by atoms with Gasteiger partial charge < -0.3 is 10.4 Å². The third-order valence-corrected chi connectivity index (χ3v) is 2.03. The molecule has 0 aromatic carbocycles. The molecule has 1 amide bonds. The molecule has 0 atom stereocenters. The number of carbonyl (C=O) groups excluding carboxylic acids is 1. The lowest BCUT2D eigenvalue weighted by molar-refractivity contribution is -0.140. The van der Waals surface area contributed by atoms with Gasteiger partial charge in [-0.1, -0.05) is 12.8 Å². The highest BCUT2D eigenvalue weighted by molar-refractivity contribution is 5.93. The van der Waals surface area contributed by atoms with Gasteiger partial charge in [0.2, 0.25) is 5.91 Å². The molecular formula is C8H13NO3. The van der Waals surface area contributed by atoms with Crippen molar-refractivity contribution in [3.8, 4) is 0 Å². The monoisotopic (exact) mass is 171 g/mol. The van der Waals surface area contributed by atoms with Gasteiger partial charge in [-0.15, -0.1) is 0 Å². The summed E-state index contributed by atoms with van der Waals surface area (Å²) >= 11 is 0. The van der Waals surface area contributed by atoms with Crippen molar-refractivity contribution < 1.29 is 14.7 Å². The molecule has 0 aliphatic heterocycles. The van der Waals surface area contributed by atoms with E-state index in [1.165, 1.54) is 0 Å². The molecule has 0 spiro atoms. The number of rotatable bonds is 3. The molecule has 1 aliphatic carbocycles. The summed E-state index contributed by atoms with van der Waals surface area (Å²) < 4.78 is 0. The zero-order valence-corrected chi connectivity index (χ0v) is 6.88. The van der Waals surface area contributed by atoms with Gasteiger partial charge in [0, 0.05) is 6.04 Å². The Labute approximate surface area is 71.0 Å². The van der Waals surface area contributed by atoms with Crippen LogP contribution in [0.4, 0.5) is 0 Å². The molecule has 0 unspecified atom stereocenters. The van der Waals surface area contributed by atoms with Gasteiger partial charge in [0.05, 0.1) is 0 Å². The molecule has 1 rings (SSSR count). The maximum Gasteiger partial charge on any atom is 0.312 e. The van der Waals surface area contributed by atoms with Crippen LogP contribution in [0.15, 0.2) is 0 Å². The molecule has 0 aromatic rings. The lowest BCUT2D eigenvalue weighted by Crippen LogP contribution is -2.33. The summed E-state index contributed by atoms with van der Waals surface area (Å²) in [6, 6.07) is 0.219. The van der Waals surface area contributed by atoms with E-state index in [2.05, 4.69) is 5.32 Å². The van der Waals surface area contributed by atoms with Crippen LogP contribution in [0, 0.1) is 0 Å². The van der Waals surface area contributed by atoms with Gasteiger partial charge in [0.25, 0.3) is 0 Å². The van der Waals surface area contributed by atoms with E-state index in [-0.39, 0.29) is 11.9 Å². The molecule has 1 fully saturated rings. The molecule has 1 aliphatic rings. The number of nitrogens with one attached hydrogen (secondary N) is 1. The lowest BCUT2D eigenvalue weighted by atomic mass is 10.2. The SMILES string of the molecule is O=C(O)CC(=O)NC1CCCC1. The Morgan fingerprint density at radius 3 is 2.42 bits per heavy atom. The molecule has 0 saturated heterocycles. The van der Waals surface area contributed by atoms with Crippen LogP contribution in [0.2, 0.25) is 0 Å². The average Bonchev–Trinajstić information content (AvgIpc) is 2.37. The summed E-state index contributed by atoms with van der Waals surface area (Å²) in [7, 11) is 0. The molecule has 0 aromatic heterocycles. The van der Waals surface area contributed by atoms with Crippen molar-refractivity contribution in [3.05, 3.63) is 0 Å². The molecule has 68 valence electrons. The van der Waals surface area contributed by atoms with Gasteiger partial charge in [-0.2, -0.15) is 0 Å². The van der Waals surface area contributed by atoms with Gasteiger partial charge in [-0.3, -0.25) is 9.59 Å². The molecule has 2 N–H and O–H groups in total. The van der Waals surface area contributed by atoms with Crippen LogP contribution in [0.1, 0.15) is 32.1 Å². The Morgan fingerprint density at radius 2 is 1.92 bits per heavy atom. The Kier molecular flexibility index (Phi) is 3.08. The highest BCUT2D eigenvalue weighted by Crippen LogP contribution is 2.17. The van der Waals surface area contributed by atoms with E-state index < -0.39 is 12.4 Å². The maximum atomic E-state index is 10.9. The summed E-state index contributed by atoms with van der Waals surface area (Å²) in [5, 5.41) is 11.0. The number of carboxylic acid groups (broad SMARTS) is 1. The number of carbonyl (C=O) groups is 2. The van der Waals surface area contributed by atoms with E-state index in [1.807, 2.05) is 0 Å². The third-order valence-electron chi connectivity index (χ3n) is 2.03. The van der Waals surface area contributed by atoms with Crippen molar-refractivity contribution in [2.75, 3.05) is 0 Å². The zero-order valence-electron chi connectivity index (χ0n) is 6.88. The number of amides is 1. The average molecular weight is 171 g/mol. The van der Waals surface area contributed by atoms with Crippen LogP contribution in [-0.4, -0.2) is 23.0 Å². The van der Waals surface area contributed by atoms with Crippen molar-refractivity contribution in [3.63, 3.8) is 0 Å². The third kappa shape index (κ3) is 2.90. The topological polar surface area (TPSA) is 66.4 Å². The van der Waals surface area contributed by atoms with Crippen LogP contribution in [0.25, 0.3) is 0 Å². The van der Waals surface area contributed by atoms with E-state index in [9.17, 15) is 9.59 Å². The van der Waals surface area contributed by atoms with E-state index in [0.29, 0.717) is 0 Å². The van der Waals surface area contributed by atoms with Crippen molar-refractivity contribution in [2.45, 2.75) is 38.1 Å². The number of hydrogen-bond donors (Lipinski definition) is 2. The first-order valence-corrected chi connectivity index (χ1v) is 4.19. The summed E-state index contributed by atoms with van der Waals surface area (Å²) in [5.41, 5.74) is 0. The first-order chi connectivity index (χ1) is 5.68. The van der Waals surface area contributed by atoms with Gasteiger partial charge in [0.15, 0.2) is 0 Å². The zero-order chi connectivity index (χ0) is 8.97. The fourth-order valence-corrected chi connectivity index (χ4v) is 1.49. The van der Waals surface area contributed by atoms with Crippen molar-refractivity contribution >= 4 is 11.9 Å². The minimum absolute atomic E-state index is 0.219. The van der Waals surface area contributed by atoms with Crippen LogP contribution in [0.3, 0.4) is 0 Å². The van der Waals surface area contributed by atoms with E-state index in [0.717, 1.165) is 25.7 Å². The fourth-order valence-electron chi connectivity index (χ4n) is 1.49. The van der Waals surface area contributed by atoms with Gasteiger partial charge in [-0.25, -0.2) is 0 Å². The lowest BCUT2D eigenvalue weighted by Gasteiger charge is -2.09. The Hall–Kier alpha value is -1.06. The number of hydrogen-bond acceptors (Lipinski definition) is 2. The minimum Gasteiger partial charge on any atom is -0.481 e. The second-order valence-electron chi connectivity index (χ2n) is 3.12. The number of aliphatic carboxylic acids is 1. The maximum absolute atomic E-state index is 10.9. The smallest absolute Gasteiger partial charge is 0.312 e. The van der Waals surface area contributed by atoms with Crippen molar-refractivity contribution in [1.29, 1.82) is 0 Å². The van der Waals surface area contributed by atoms with Gasteiger partial charge >= 0.3 is 5.97 Å². The van der Waals surface area contributed by atoms with E-state index in [4.69, 9.17) is 5.11 Å². The molecule has 0 bridgehead atoms. The number of carboxylic acids is 1. The van der Waals surface area contributed by atoms with Crippen LogP contribution >= 0.6 is 0 Å². The van der Waals surface area contributed by atoms with Crippen LogP contribution in [0.5, 0.6) is 0 Å². The highest BCUT2D eigenvalue weighted by atomic mass is 16.4. The molecule has 4 nitrogen and oxygen atoms in total. The molecular weight excluding hydrogens is 158 g/mol. The molecule has 12 heavy (non-hydrogen) atoms. The second kappa shape index (κ2) is 4.09. The molecule has 0 radical (unpaired) electrons. The summed E-state index contributed by atoms with van der Waals surface area (Å²) in [5.74, 6) is -1.43. The van der Waals surface area contributed by atoms with Crippen molar-refractivity contribution in [1.82, 2.24) is 5.32 Å². The largest absolute Gasteiger partial charge is 0.481 e. The Balaban J connectivity index is 2.20. The predicted molar refractivity (Wildman–Crippen MR) is 42.7 cm³/mol. The first-order valence-electron chi connectivity index (χ1n) is 4.19. The fraction of sp³-hybridized carbons (Fsp3) is 0.750. The van der Waals surface area contributed by atoms with Crippen LogP contribution < -0.4 is 5.32 Å². The molecule has 4 heteroatoms. The normalized spacial score (nSPS) is 17.7. The second-order valence-corrected chi connectivity index (χ2v) is 3.12. The Bertz CT molecular complexity index is 185. The van der Waals surface area contributed by atoms with Crippen LogP contribution in [-0.2, 0) is 9.59 Å². The van der Waals surface area contributed by atoms with Gasteiger partial charge in [-0.05, 0) is 12.8 Å². The van der Waals surface area contributed by atoms with Crippen molar-refractivity contribution in [2.24, 2.45) is 0 Å². The quantitative estimate of drug-likeness (QED) is 0.608. The molecule has 0 heterocycles. The summed E-state index contributed by atoms with van der Waals surface area (Å²) in [6.45, 7) is 0. The molecule has 1 saturated carbocycles. The first kappa shape index (κ1) is 9.03. The minimum atomic E-state index is -1.06. The summed E-state index contributed by atoms with van der Waals surface area (Å²) in [6.07, 6.45) is 3.85. The van der Waals surface area contributed by atoms with E-state index in [1.54, 1.807) is 0 Å². The highest BCUT2D eigenvalue weighted by Gasteiger charge is 2.17. The van der Waals surface area contributed by atoms with Gasteiger partial charge in [0.1, 0.15) is 6.42 Å².